The molecule has 1 heterocycles. The van der Waals surface area contributed by atoms with Crippen LogP contribution in [0, 0.1) is 5.82 Å². The minimum atomic E-state index is -0.588. The first-order chi connectivity index (χ1) is 9.52. The second-order valence-electron chi connectivity index (χ2n) is 4.90. The van der Waals surface area contributed by atoms with Gasteiger partial charge in [0, 0.05) is 18.3 Å². The van der Waals surface area contributed by atoms with Crippen LogP contribution in [0.2, 0.25) is 0 Å². The summed E-state index contributed by atoms with van der Waals surface area (Å²) in [5.41, 5.74) is 6.06. The summed E-state index contributed by atoms with van der Waals surface area (Å²) in [6, 6.07) is 2.44. The van der Waals surface area contributed by atoms with Crippen molar-refractivity contribution in [2.45, 2.75) is 31.9 Å². The average molecular weight is 282 g/mol. The Kier molecular flexibility index (Phi) is 4.44. The summed E-state index contributed by atoms with van der Waals surface area (Å²) < 4.78 is 24.1. The number of nitrogens with two attached hydrogens (primary N) is 1. The lowest BCUT2D eigenvalue weighted by molar-refractivity contribution is 0.0602. The Hall–Kier alpha value is -1.82. The van der Waals surface area contributed by atoms with Crippen molar-refractivity contribution in [1.82, 2.24) is 0 Å². The van der Waals surface area contributed by atoms with E-state index in [1.165, 1.54) is 13.2 Å². The topological polar surface area (TPSA) is 73.6 Å². The standard InChI is InChI=1S/C14H19FN2O3/c1-8(13-4-3-5-20-13)17-12-6-9(14(18)19-2)11(16)7-10(12)15/h6-8,13,17H,3-5,16H2,1-2H3. The van der Waals surface area contributed by atoms with Crippen LogP contribution in [0.5, 0.6) is 0 Å². The molecule has 1 saturated heterocycles. The molecule has 5 nitrogen and oxygen atoms in total. The molecule has 1 aliphatic rings. The van der Waals surface area contributed by atoms with E-state index in [-0.39, 0.29) is 29.1 Å². The lowest BCUT2D eigenvalue weighted by Crippen LogP contribution is -2.30. The maximum absolute atomic E-state index is 13.9. The number of carbonyl (C=O) groups is 1. The SMILES string of the molecule is COC(=O)c1cc(NC(C)C2CCCO2)c(F)cc1N. The Balaban J connectivity index is 2.20. The molecule has 0 bridgehead atoms. The number of nitrogens with one attached hydrogen (secondary N) is 1. The summed E-state index contributed by atoms with van der Waals surface area (Å²) in [7, 11) is 1.26. The summed E-state index contributed by atoms with van der Waals surface area (Å²) in [6.45, 7) is 2.65. The van der Waals surface area contributed by atoms with Gasteiger partial charge in [-0.15, -0.1) is 0 Å². The highest BCUT2D eigenvalue weighted by Crippen LogP contribution is 2.25. The van der Waals surface area contributed by atoms with E-state index >= 15 is 0 Å². The zero-order chi connectivity index (χ0) is 14.7. The zero-order valence-electron chi connectivity index (χ0n) is 11.6. The van der Waals surface area contributed by atoms with Crippen molar-refractivity contribution >= 4 is 17.3 Å². The third-order valence-corrected chi connectivity index (χ3v) is 3.45. The molecular weight excluding hydrogens is 263 g/mol. The molecule has 20 heavy (non-hydrogen) atoms. The van der Waals surface area contributed by atoms with Crippen LogP contribution in [0.15, 0.2) is 12.1 Å². The summed E-state index contributed by atoms with van der Waals surface area (Å²) >= 11 is 0. The van der Waals surface area contributed by atoms with Crippen molar-refractivity contribution < 1.29 is 18.7 Å². The molecule has 2 unspecified atom stereocenters. The summed E-state index contributed by atoms with van der Waals surface area (Å²) in [4.78, 5) is 11.6. The number of hydrogen-bond acceptors (Lipinski definition) is 5. The highest BCUT2D eigenvalue weighted by atomic mass is 19.1. The molecule has 2 atom stereocenters. The lowest BCUT2D eigenvalue weighted by Gasteiger charge is -2.22. The van der Waals surface area contributed by atoms with Crippen molar-refractivity contribution in [2.24, 2.45) is 0 Å². The Labute approximate surface area is 117 Å². The van der Waals surface area contributed by atoms with Crippen LogP contribution in [0.25, 0.3) is 0 Å². The van der Waals surface area contributed by atoms with E-state index in [1.807, 2.05) is 6.92 Å². The molecule has 0 aliphatic carbocycles. The number of methoxy groups -OCH3 is 1. The van der Waals surface area contributed by atoms with Crippen LogP contribution in [-0.4, -0.2) is 31.8 Å². The van der Waals surface area contributed by atoms with Crippen LogP contribution in [0.3, 0.4) is 0 Å². The Morgan fingerprint density at radius 1 is 1.60 bits per heavy atom. The third-order valence-electron chi connectivity index (χ3n) is 3.45. The van der Waals surface area contributed by atoms with E-state index in [1.54, 1.807) is 0 Å². The first-order valence-electron chi connectivity index (χ1n) is 6.58. The average Bonchev–Trinajstić information content (AvgIpc) is 2.95. The second kappa shape index (κ2) is 6.09. The Morgan fingerprint density at radius 2 is 2.35 bits per heavy atom. The van der Waals surface area contributed by atoms with Gasteiger partial charge < -0.3 is 20.5 Å². The maximum Gasteiger partial charge on any atom is 0.340 e. The smallest absolute Gasteiger partial charge is 0.340 e. The molecule has 0 aromatic heterocycles. The first kappa shape index (κ1) is 14.6. The number of halogens is 1. The highest BCUT2D eigenvalue weighted by Gasteiger charge is 2.24. The van der Waals surface area contributed by atoms with Crippen molar-refractivity contribution in [3.8, 4) is 0 Å². The van der Waals surface area contributed by atoms with Gasteiger partial charge in [0.1, 0.15) is 5.82 Å². The largest absolute Gasteiger partial charge is 0.465 e. The highest BCUT2D eigenvalue weighted by molar-refractivity contribution is 5.96. The van der Waals surface area contributed by atoms with Gasteiger partial charge in [0.2, 0.25) is 0 Å². The first-order valence-corrected chi connectivity index (χ1v) is 6.58. The molecule has 110 valence electrons. The van der Waals surface area contributed by atoms with Gasteiger partial charge in [-0.25, -0.2) is 9.18 Å². The molecule has 0 spiro atoms. The van der Waals surface area contributed by atoms with Crippen molar-refractivity contribution in [2.75, 3.05) is 24.8 Å². The summed E-state index contributed by atoms with van der Waals surface area (Å²) in [6.07, 6.45) is 2.00. The monoisotopic (exact) mass is 282 g/mol. The van der Waals surface area contributed by atoms with Crippen molar-refractivity contribution in [1.29, 1.82) is 0 Å². The van der Waals surface area contributed by atoms with Gasteiger partial charge >= 0.3 is 5.97 Å². The molecule has 1 aromatic carbocycles. The van der Waals surface area contributed by atoms with Crippen molar-refractivity contribution in [3.63, 3.8) is 0 Å². The minimum absolute atomic E-state index is 0.0496. The fourth-order valence-corrected chi connectivity index (χ4v) is 2.32. The predicted molar refractivity (Wildman–Crippen MR) is 74.2 cm³/mol. The maximum atomic E-state index is 13.9. The second-order valence-corrected chi connectivity index (χ2v) is 4.90. The number of rotatable bonds is 4. The van der Waals surface area contributed by atoms with Gasteiger partial charge in [0.05, 0.1) is 24.5 Å². The van der Waals surface area contributed by atoms with E-state index in [0.717, 1.165) is 25.5 Å². The molecule has 2 rings (SSSR count). The third kappa shape index (κ3) is 3.01. The van der Waals surface area contributed by atoms with Crippen LogP contribution < -0.4 is 11.1 Å². The molecule has 1 aromatic rings. The molecule has 1 aliphatic heterocycles. The summed E-state index contributed by atoms with van der Waals surface area (Å²) in [5.74, 6) is -1.09. The Bertz CT molecular complexity index is 501. The molecule has 3 N–H and O–H groups in total. The van der Waals surface area contributed by atoms with Gasteiger partial charge in [0.15, 0.2) is 0 Å². The zero-order valence-corrected chi connectivity index (χ0v) is 11.6. The van der Waals surface area contributed by atoms with Gasteiger partial charge in [-0.3, -0.25) is 0 Å². The Morgan fingerprint density at radius 3 is 2.95 bits per heavy atom. The van der Waals surface area contributed by atoms with Crippen LogP contribution in [0.4, 0.5) is 15.8 Å². The molecule has 0 amide bonds. The number of benzene rings is 1. The number of carbonyl (C=O) groups excluding carboxylic acids is 1. The van der Waals surface area contributed by atoms with E-state index in [2.05, 4.69) is 10.1 Å². The van der Waals surface area contributed by atoms with Gasteiger partial charge in [-0.05, 0) is 31.9 Å². The summed E-state index contributed by atoms with van der Waals surface area (Å²) in [5, 5.41) is 3.04. The predicted octanol–water partition coefficient (Wildman–Crippen LogP) is 2.17. The quantitative estimate of drug-likeness (QED) is 0.654. The lowest BCUT2D eigenvalue weighted by atomic mass is 10.1. The van der Waals surface area contributed by atoms with E-state index in [0.29, 0.717) is 0 Å². The van der Waals surface area contributed by atoms with E-state index in [4.69, 9.17) is 10.5 Å². The normalized spacial score (nSPS) is 19.6. The van der Waals surface area contributed by atoms with E-state index < -0.39 is 11.8 Å². The molecule has 6 heteroatoms. The molecule has 0 saturated carbocycles. The number of esters is 1. The van der Waals surface area contributed by atoms with Crippen molar-refractivity contribution in [3.05, 3.63) is 23.5 Å². The number of ether oxygens (including phenoxy) is 2. The molecular formula is C14H19FN2O3. The van der Waals surface area contributed by atoms with E-state index in [9.17, 15) is 9.18 Å². The minimum Gasteiger partial charge on any atom is -0.465 e. The van der Waals surface area contributed by atoms with Gasteiger partial charge in [0.25, 0.3) is 0 Å². The number of anilines is 2. The number of nitrogen functional groups attached to an aromatic ring is 1. The van der Waals surface area contributed by atoms with Crippen LogP contribution in [-0.2, 0) is 9.47 Å². The van der Waals surface area contributed by atoms with Gasteiger partial charge in [-0.2, -0.15) is 0 Å². The fourth-order valence-electron chi connectivity index (χ4n) is 2.32. The fraction of sp³-hybridized carbons (Fsp3) is 0.500. The molecule has 0 radical (unpaired) electrons. The molecule has 1 fully saturated rings. The van der Waals surface area contributed by atoms with Gasteiger partial charge in [-0.1, -0.05) is 0 Å². The van der Waals surface area contributed by atoms with Crippen LogP contribution in [0.1, 0.15) is 30.1 Å². The number of hydrogen-bond donors (Lipinski definition) is 2. The van der Waals surface area contributed by atoms with Crippen LogP contribution >= 0.6 is 0 Å².